The maximum Gasteiger partial charge on any atom is 0.0302 e. The highest BCUT2D eigenvalue weighted by Gasteiger charge is 2.51. The molecule has 0 aliphatic carbocycles. The molecule has 1 fully saturated rings. The smallest absolute Gasteiger partial charge is 0.0302 e. The predicted molar refractivity (Wildman–Crippen MR) is 49.6 cm³/mol. The van der Waals surface area contributed by atoms with Crippen LogP contribution < -0.4 is 0 Å². The summed E-state index contributed by atoms with van der Waals surface area (Å²) >= 11 is 0. The minimum absolute atomic E-state index is 0.480. The maximum absolute atomic E-state index is 2.46. The van der Waals surface area contributed by atoms with Gasteiger partial charge in [-0.2, -0.15) is 0 Å². The Morgan fingerprint density at radius 1 is 1.27 bits per heavy atom. The Hall–Kier alpha value is -0.0400. The Balaban J connectivity index is 2.61. The average molecular weight is 155 g/mol. The quantitative estimate of drug-likeness (QED) is 0.553. The van der Waals surface area contributed by atoms with Crippen LogP contribution >= 0.6 is 0 Å². The third-order valence-electron chi connectivity index (χ3n) is 3.70. The van der Waals surface area contributed by atoms with Gasteiger partial charge in [0.25, 0.3) is 0 Å². The highest BCUT2D eigenvalue weighted by molar-refractivity contribution is 5.05. The van der Waals surface area contributed by atoms with Crippen molar-refractivity contribution in [2.75, 3.05) is 7.05 Å². The van der Waals surface area contributed by atoms with E-state index in [1.807, 2.05) is 0 Å². The fraction of sp³-hybridized carbons (Fsp3) is 1.00. The minimum atomic E-state index is 0.480. The molecule has 3 unspecified atom stereocenters. The van der Waals surface area contributed by atoms with Gasteiger partial charge in [-0.1, -0.05) is 27.7 Å². The highest BCUT2D eigenvalue weighted by atomic mass is 15.3. The number of rotatable bonds is 2. The molecule has 0 aromatic carbocycles. The molecule has 3 atom stereocenters. The Labute approximate surface area is 70.8 Å². The molecule has 1 rings (SSSR count). The summed E-state index contributed by atoms with van der Waals surface area (Å²) in [6.07, 6.45) is 0. The molecule has 1 saturated heterocycles. The molecule has 0 N–H and O–H groups in total. The SMILES string of the molecule is CC1C(C(C)(C)C(C)C)N1C. The zero-order valence-electron chi connectivity index (χ0n) is 8.68. The third kappa shape index (κ3) is 1.31. The van der Waals surface area contributed by atoms with Crippen LogP contribution in [0.3, 0.4) is 0 Å². The van der Waals surface area contributed by atoms with Crippen molar-refractivity contribution in [1.82, 2.24) is 4.90 Å². The number of hydrogen-bond acceptors (Lipinski definition) is 1. The van der Waals surface area contributed by atoms with Crippen molar-refractivity contribution in [1.29, 1.82) is 0 Å². The van der Waals surface area contributed by atoms with E-state index in [0.29, 0.717) is 5.41 Å². The van der Waals surface area contributed by atoms with Gasteiger partial charge >= 0.3 is 0 Å². The zero-order chi connectivity index (χ0) is 8.81. The maximum atomic E-state index is 2.46. The van der Waals surface area contributed by atoms with E-state index in [9.17, 15) is 0 Å². The van der Waals surface area contributed by atoms with Crippen LogP contribution in [-0.4, -0.2) is 24.0 Å². The molecule has 0 aromatic rings. The van der Waals surface area contributed by atoms with E-state index in [0.717, 1.165) is 18.0 Å². The molecule has 0 bridgehead atoms. The summed E-state index contributed by atoms with van der Waals surface area (Å²) in [5, 5.41) is 0. The fourth-order valence-electron chi connectivity index (χ4n) is 1.98. The molecular formula is C10H21N. The topological polar surface area (TPSA) is 3.01 Å². The molecule has 11 heavy (non-hydrogen) atoms. The summed E-state index contributed by atoms with van der Waals surface area (Å²) in [5.74, 6) is 0.778. The molecule has 0 saturated carbocycles. The third-order valence-corrected chi connectivity index (χ3v) is 3.70. The van der Waals surface area contributed by atoms with Crippen LogP contribution in [0.2, 0.25) is 0 Å². The zero-order valence-corrected chi connectivity index (χ0v) is 8.68. The van der Waals surface area contributed by atoms with Crippen LogP contribution in [0.1, 0.15) is 34.6 Å². The van der Waals surface area contributed by atoms with E-state index in [1.54, 1.807) is 0 Å². The van der Waals surface area contributed by atoms with Gasteiger partial charge in [0.05, 0.1) is 0 Å². The fourth-order valence-corrected chi connectivity index (χ4v) is 1.98. The predicted octanol–water partition coefficient (Wildman–Crippen LogP) is 2.37. The van der Waals surface area contributed by atoms with Crippen molar-refractivity contribution in [2.24, 2.45) is 11.3 Å². The van der Waals surface area contributed by atoms with E-state index in [4.69, 9.17) is 0 Å². The lowest BCUT2D eigenvalue weighted by molar-refractivity contribution is 0.217. The number of likely N-dealkylation sites (N-methyl/N-ethyl adjacent to an activating group) is 1. The van der Waals surface area contributed by atoms with Gasteiger partial charge in [-0.25, -0.2) is 0 Å². The van der Waals surface area contributed by atoms with Gasteiger partial charge in [-0.05, 0) is 25.3 Å². The highest BCUT2D eigenvalue weighted by Crippen LogP contribution is 2.44. The normalized spacial score (nSPS) is 37.9. The summed E-state index contributed by atoms with van der Waals surface area (Å²) < 4.78 is 0. The van der Waals surface area contributed by atoms with Gasteiger partial charge in [0.1, 0.15) is 0 Å². The van der Waals surface area contributed by atoms with Gasteiger partial charge in [0, 0.05) is 12.1 Å². The summed E-state index contributed by atoms with van der Waals surface area (Å²) in [6, 6.07) is 1.61. The van der Waals surface area contributed by atoms with E-state index in [-0.39, 0.29) is 0 Å². The van der Waals surface area contributed by atoms with Crippen LogP contribution in [0, 0.1) is 11.3 Å². The van der Waals surface area contributed by atoms with Crippen LogP contribution in [-0.2, 0) is 0 Å². The molecule has 1 aliphatic heterocycles. The first-order valence-electron chi connectivity index (χ1n) is 4.61. The lowest BCUT2D eigenvalue weighted by atomic mass is 9.77. The lowest BCUT2D eigenvalue weighted by Gasteiger charge is -2.29. The molecule has 0 radical (unpaired) electrons. The summed E-state index contributed by atoms with van der Waals surface area (Å²) in [5.41, 5.74) is 0.480. The largest absolute Gasteiger partial charge is 0.297 e. The van der Waals surface area contributed by atoms with Crippen LogP contribution in [0.15, 0.2) is 0 Å². The summed E-state index contributed by atoms with van der Waals surface area (Å²) in [7, 11) is 2.22. The van der Waals surface area contributed by atoms with Crippen molar-refractivity contribution in [3.63, 3.8) is 0 Å². The Morgan fingerprint density at radius 3 is 1.73 bits per heavy atom. The second-order valence-electron chi connectivity index (χ2n) is 4.83. The Morgan fingerprint density at radius 2 is 1.64 bits per heavy atom. The lowest BCUT2D eigenvalue weighted by Crippen LogP contribution is -2.28. The standard InChI is InChI=1S/C10H21N/c1-7(2)10(4,5)9-8(3)11(9)6/h7-9H,1-6H3. The van der Waals surface area contributed by atoms with Crippen LogP contribution in [0.25, 0.3) is 0 Å². The Kier molecular flexibility index (Phi) is 2.04. The van der Waals surface area contributed by atoms with Gasteiger partial charge in [0.15, 0.2) is 0 Å². The molecule has 66 valence electrons. The molecule has 0 spiro atoms. The van der Waals surface area contributed by atoms with Crippen LogP contribution in [0.5, 0.6) is 0 Å². The van der Waals surface area contributed by atoms with E-state index in [2.05, 4.69) is 46.6 Å². The first-order chi connectivity index (χ1) is 4.89. The van der Waals surface area contributed by atoms with E-state index < -0.39 is 0 Å². The van der Waals surface area contributed by atoms with Crippen molar-refractivity contribution >= 4 is 0 Å². The monoisotopic (exact) mass is 155 g/mol. The molecular weight excluding hydrogens is 134 g/mol. The second-order valence-corrected chi connectivity index (χ2v) is 4.83. The molecule has 1 heteroatoms. The van der Waals surface area contributed by atoms with Crippen molar-refractivity contribution in [2.45, 2.75) is 46.7 Å². The average Bonchev–Trinajstić information content (AvgIpc) is 2.41. The molecule has 1 nitrogen and oxygen atoms in total. The van der Waals surface area contributed by atoms with Gasteiger partial charge < -0.3 is 0 Å². The molecule has 0 aromatic heterocycles. The second kappa shape index (κ2) is 2.48. The van der Waals surface area contributed by atoms with Crippen molar-refractivity contribution in [3.05, 3.63) is 0 Å². The van der Waals surface area contributed by atoms with Crippen molar-refractivity contribution < 1.29 is 0 Å². The first kappa shape index (κ1) is 9.05. The molecule has 0 amide bonds. The summed E-state index contributed by atoms with van der Waals surface area (Å²) in [6.45, 7) is 11.7. The van der Waals surface area contributed by atoms with E-state index in [1.165, 1.54) is 0 Å². The number of hydrogen-bond donors (Lipinski definition) is 0. The summed E-state index contributed by atoms with van der Waals surface area (Å²) in [4.78, 5) is 2.46. The first-order valence-corrected chi connectivity index (χ1v) is 4.61. The Bertz CT molecular complexity index is 141. The van der Waals surface area contributed by atoms with E-state index >= 15 is 0 Å². The molecule has 1 heterocycles. The minimum Gasteiger partial charge on any atom is -0.297 e. The van der Waals surface area contributed by atoms with Gasteiger partial charge in [0.2, 0.25) is 0 Å². The van der Waals surface area contributed by atoms with Crippen molar-refractivity contribution in [3.8, 4) is 0 Å². The van der Waals surface area contributed by atoms with Gasteiger partial charge in [-0.15, -0.1) is 0 Å². The van der Waals surface area contributed by atoms with Crippen LogP contribution in [0.4, 0.5) is 0 Å². The molecule has 1 aliphatic rings. The number of nitrogens with zero attached hydrogens (tertiary/aromatic N) is 1. The van der Waals surface area contributed by atoms with Gasteiger partial charge in [-0.3, -0.25) is 4.90 Å².